The van der Waals surface area contributed by atoms with Gasteiger partial charge in [0, 0.05) is 37.7 Å². The Kier molecular flexibility index (Phi) is 4.38. The SMILES string of the molecule is Cc1ccc(C)c(C(=O)CC2CN(C)CCN2C)c1. The van der Waals surface area contributed by atoms with Gasteiger partial charge in [-0.1, -0.05) is 17.7 Å². The molecule has 19 heavy (non-hydrogen) atoms. The molecule has 0 spiro atoms. The van der Waals surface area contributed by atoms with E-state index in [4.69, 9.17) is 0 Å². The van der Waals surface area contributed by atoms with Crippen LogP contribution in [0.1, 0.15) is 27.9 Å². The van der Waals surface area contributed by atoms with Crippen molar-refractivity contribution in [2.75, 3.05) is 33.7 Å². The number of aryl methyl sites for hydroxylation is 2. The third-order valence-electron chi connectivity index (χ3n) is 4.09. The van der Waals surface area contributed by atoms with Gasteiger partial charge in [0.25, 0.3) is 0 Å². The van der Waals surface area contributed by atoms with Gasteiger partial charge in [0.05, 0.1) is 0 Å². The van der Waals surface area contributed by atoms with Crippen LogP contribution in [0.15, 0.2) is 18.2 Å². The van der Waals surface area contributed by atoms with E-state index in [1.54, 1.807) is 0 Å². The molecule has 1 aliphatic heterocycles. The Balaban J connectivity index is 2.10. The number of piperazine rings is 1. The van der Waals surface area contributed by atoms with Crippen molar-refractivity contribution in [3.8, 4) is 0 Å². The molecule has 104 valence electrons. The van der Waals surface area contributed by atoms with Gasteiger partial charge in [-0.2, -0.15) is 0 Å². The Labute approximate surface area is 116 Å². The second kappa shape index (κ2) is 5.85. The third kappa shape index (κ3) is 3.43. The van der Waals surface area contributed by atoms with Crippen LogP contribution in [0.5, 0.6) is 0 Å². The number of Topliss-reactive ketones (excluding diaryl/α,β-unsaturated/α-hetero) is 1. The molecule has 1 aromatic rings. The van der Waals surface area contributed by atoms with E-state index in [1.807, 2.05) is 26.0 Å². The number of carbonyl (C=O) groups is 1. The Morgan fingerprint density at radius 2 is 2.00 bits per heavy atom. The highest BCUT2D eigenvalue weighted by Crippen LogP contribution is 2.17. The number of nitrogens with zero attached hydrogens (tertiary/aromatic N) is 2. The minimum atomic E-state index is 0.272. The largest absolute Gasteiger partial charge is 0.304 e. The molecule has 0 radical (unpaired) electrons. The second-order valence-corrected chi connectivity index (χ2v) is 5.84. The number of carbonyl (C=O) groups excluding carboxylic acids is 1. The lowest BCUT2D eigenvalue weighted by atomic mass is 9.96. The van der Waals surface area contributed by atoms with E-state index in [0.717, 1.165) is 36.3 Å². The summed E-state index contributed by atoms with van der Waals surface area (Å²) in [6.45, 7) is 7.17. The Morgan fingerprint density at radius 3 is 2.74 bits per heavy atom. The first kappa shape index (κ1) is 14.2. The molecule has 1 fully saturated rings. The number of hydrogen-bond donors (Lipinski definition) is 0. The quantitative estimate of drug-likeness (QED) is 0.778. The second-order valence-electron chi connectivity index (χ2n) is 5.84. The highest BCUT2D eigenvalue weighted by molar-refractivity contribution is 5.98. The molecule has 0 bridgehead atoms. The summed E-state index contributed by atoms with van der Waals surface area (Å²) in [4.78, 5) is 17.1. The molecular weight excluding hydrogens is 236 g/mol. The maximum absolute atomic E-state index is 12.5. The van der Waals surface area contributed by atoms with E-state index in [-0.39, 0.29) is 5.78 Å². The van der Waals surface area contributed by atoms with Crippen molar-refractivity contribution in [3.63, 3.8) is 0 Å². The van der Waals surface area contributed by atoms with Crippen molar-refractivity contribution in [2.45, 2.75) is 26.3 Å². The summed E-state index contributed by atoms with van der Waals surface area (Å²) in [5.41, 5.74) is 3.13. The zero-order valence-corrected chi connectivity index (χ0v) is 12.4. The van der Waals surface area contributed by atoms with Crippen LogP contribution >= 0.6 is 0 Å². The lowest BCUT2D eigenvalue weighted by molar-refractivity contribution is 0.0809. The first-order valence-electron chi connectivity index (χ1n) is 6.96. The summed E-state index contributed by atoms with van der Waals surface area (Å²) in [5, 5.41) is 0. The normalized spacial score (nSPS) is 21.6. The maximum Gasteiger partial charge on any atom is 0.164 e. The van der Waals surface area contributed by atoms with Crippen LogP contribution in [0.2, 0.25) is 0 Å². The molecule has 0 aromatic heterocycles. The predicted octanol–water partition coefficient (Wildman–Crippen LogP) is 2.12. The summed E-state index contributed by atoms with van der Waals surface area (Å²) in [6, 6.07) is 6.46. The van der Waals surface area contributed by atoms with E-state index in [0.29, 0.717) is 12.5 Å². The van der Waals surface area contributed by atoms with Gasteiger partial charge >= 0.3 is 0 Å². The fraction of sp³-hybridized carbons (Fsp3) is 0.562. The summed E-state index contributed by atoms with van der Waals surface area (Å²) < 4.78 is 0. The van der Waals surface area contributed by atoms with E-state index < -0.39 is 0 Å². The summed E-state index contributed by atoms with van der Waals surface area (Å²) in [5.74, 6) is 0.272. The van der Waals surface area contributed by atoms with Gasteiger partial charge in [0.2, 0.25) is 0 Å². The molecule has 3 nitrogen and oxygen atoms in total. The van der Waals surface area contributed by atoms with Gasteiger partial charge < -0.3 is 9.80 Å². The van der Waals surface area contributed by atoms with E-state index in [9.17, 15) is 4.79 Å². The van der Waals surface area contributed by atoms with Gasteiger partial charge in [0.15, 0.2) is 5.78 Å². The number of ketones is 1. The molecule has 1 heterocycles. The standard InChI is InChI=1S/C16H24N2O/c1-12-5-6-13(2)15(9-12)16(19)10-14-11-17(3)7-8-18(14)4/h5-6,9,14H,7-8,10-11H2,1-4H3. The molecule has 3 heteroatoms. The molecular formula is C16H24N2O. The van der Waals surface area contributed by atoms with Crippen LogP contribution in [0, 0.1) is 13.8 Å². The van der Waals surface area contributed by atoms with Crippen molar-refractivity contribution >= 4 is 5.78 Å². The van der Waals surface area contributed by atoms with Crippen LogP contribution < -0.4 is 0 Å². The van der Waals surface area contributed by atoms with Crippen molar-refractivity contribution in [2.24, 2.45) is 0 Å². The van der Waals surface area contributed by atoms with Crippen molar-refractivity contribution in [1.29, 1.82) is 0 Å². The van der Waals surface area contributed by atoms with E-state index >= 15 is 0 Å². The van der Waals surface area contributed by atoms with Gasteiger partial charge in [-0.15, -0.1) is 0 Å². The fourth-order valence-electron chi connectivity index (χ4n) is 2.68. The van der Waals surface area contributed by atoms with Crippen LogP contribution in [0.3, 0.4) is 0 Å². The van der Waals surface area contributed by atoms with Crippen molar-refractivity contribution < 1.29 is 4.79 Å². The Hall–Kier alpha value is -1.19. The maximum atomic E-state index is 12.5. The topological polar surface area (TPSA) is 23.6 Å². The zero-order chi connectivity index (χ0) is 14.0. The first-order chi connectivity index (χ1) is 8.97. The third-order valence-corrected chi connectivity index (χ3v) is 4.09. The van der Waals surface area contributed by atoms with Crippen molar-refractivity contribution in [3.05, 3.63) is 34.9 Å². The molecule has 0 aliphatic carbocycles. The molecule has 2 rings (SSSR count). The Morgan fingerprint density at radius 1 is 1.26 bits per heavy atom. The van der Waals surface area contributed by atoms with Gasteiger partial charge in [0.1, 0.15) is 0 Å². The van der Waals surface area contributed by atoms with E-state index in [1.165, 1.54) is 0 Å². The highest BCUT2D eigenvalue weighted by atomic mass is 16.1. The van der Waals surface area contributed by atoms with Gasteiger partial charge in [-0.3, -0.25) is 4.79 Å². The number of benzene rings is 1. The summed E-state index contributed by atoms with van der Waals surface area (Å²) >= 11 is 0. The summed E-state index contributed by atoms with van der Waals surface area (Å²) in [7, 11) is 4.25. The smallest absolute Gasteiger partial charge is 0.164 e. The van der Waals surface area contributed by atoms with Gasteiger partial charge in [-0.05, 0) is 39.6 Å². The lowest BCUT2D eigenvalue weighted by Gasteiger charge is -2.37. The molecule has 0 amide bonds. The Bertz CT molecular complexity index is 470. The van der Waals surface area contributed by atoms with Crippen LogP contribution in [-0.4, -0.2) is 55.4 Å². The first-order valence-corrected chi connectivity index (χ1v) is 6.96. The van der Waals surface area contributed by atoms with Crippen LogP contribution in [0.4, 0.5) is 0 Å². The molecule has 1 unspecified atom stereocenters. The monoisotopic (exact) mass is 260 g/mol. The molecule has 0 N–H and O–H groups in total. The minimum Gasteiger partial charge on any atom is -0.304 e. The highest BCUT2D eigenvalue weighted by Gasteiger charge is 2.25. The summed E-state index contributed by atoms with van der Waals surface area (Å²) in [6.07, 6.45) is 0.616. The average Bonchev–Trinajstić information content (AvgIpc) is 2.36. The molecule has 1 aromatic carbocycles. The molecule has 1 saturated heterocycles. The number of likely N-dealkylation sites (N-methyl/N-ethyl adjacent to an activating group) is 2. The van der Waals surface area contributed by atoms with Gasteiger partial charge in [-0.25, -0.2) is 0 Å². The molecule has 0 saturated carbocycles. The van der Waals surface area contributed by atoms with Crippen LogP contribution in [-0.2, 0) is 0 Å². The molecule has 1 aliphatic rings. The predicted molar refractivity (Wildman–Crippen MR) is 78.8 cm³/mol. The van der Waals surface area contributed by atoms with Crippen molar-refractivity contribution in [1.82, 2.24) is 9.80 Å². The fourth-order valence-corrected chi connectivity index (χ4v) is 2.68. The number of rotatable bonds is 3. The zero-order valence-electron chi connectivity index (χ0n) is 12.4. The minimum absolute atomic E-state index is 0.272. The van der Waals surface area contributed by atoms with E-state index in [2.05, 4.69) is 30.0 Å². The molecule has 1 atom stereocenters. The lowest BCUT2D eigenvalue weighted by Crippen LogP contribution is -2.50. The van der Waals surface area contributed by atoms with Crippen LogP contribution in [0.25, 0.3) is 0 Å². The average molecular weight is 260 g/mol. The number of hydrogen-bond acceptors (Lipinski definition) is 3.